The minimum atomic E-state index is 0.837. The van der Waals surface area contributed by atoms with Crippen LogP contribution in [0.5, 0.6) is 0 Å². The lowest BCUT2D eigenvalue weighted by Gasteiger charge is -2.15. The van der Waals surface area contributed by atoms with Crippen LogP contribution in [-0.4, -0.2) is 14.8 Å². The van der Waals surface area contributed by atoms with Crippen molar-refractivity contribution in [2.75, 3.05) is 0 Å². The van der Waals surface area contributed by atoms with Gasteiger partial charge in [0.05, 0.1) is 5.69 Å². The Labute approximate surface area is 86.2 Å². The van der Waals surface area contributed by atoms with Gasteiger partial charge in [0, 0.05) is 5.75 Å². The molecule has 0 bridgehead atoms. The molecule has 2 aromatic rings. The highest BCUT2D eigenvalue weighted by Gasteiger charge is 2.18. The van der Waals surface area contributed by atoms with E-state index in [0.717, 1.165) is 16.7 Å². The van der Waals surface area contributed by atoms with Crippen LogP contribution < -0.4 is 0 Å². The van der Waals surface area contributed by atoms with E-state index in [0.29, 0.717) is 0 Å². The van der Waals surface area contributed by atoms with Crippen LogP contribution in [-0.2, 0) is 5.75 Å². The molecular formula is C10H9N3S. The van der Waals surface area contributed by atoms with E-state index in [1.807, 2.05) is 17.7 Å². The third kappa shape index (κ3) is 1.07. The molecule has 0 atom stereocenters. The van der Waals surface area contributed by atoms with Crippen LogP contribution in [0, 0.1) is 6.92 Å². The lowest BCUT2D eigenvalue weighted by Crippen LogP contribution is -2.06. The normalized spacial score (nSPS) is 13.5. The van der Waals surface area contributed by atoms with Gasteiger partial charge in [-0.3, -0.25) is 0 Å². The molecule has 1 aliphatic rings. The molecule has 2 heterocycles. The van der Waals surface area contributed by atoms with Crippen molar-refractivity contribution in [1.29, 1.82) is 0 Å². The van der Waals surface area contributed by atoms with Crippen molar-refractivity contribution in [2.24, 2.45) is 0 Å². The lowest BCUT2D eigenvalue weighted by molar-refractivity contribution is 0.766. The number of hydrogen-bond acceptors (Lipinski definition) is 3. The molecular weight excluding hydrogens is 194 g/mol. The number of rotatable bonds is 0. The summed E-state index contributed by atoms with van der Waals surface area (Å²) in [6.07, 6.45) is 0. The van der Waals surface area contributed by atoms with Gasteiger partial charge in [-0.15, -0.1) is 0 Å². The first-order chi connectivity index (χ1) is 6.84. The Morgan fingerprint density at radius 1 is 1.36 bits per heavy atom. The summed E-state index contributed by atoms with van der Waals surface area (Å²) in [5.41, 5.74) is 2.50. The zero-order valence-electron chi connectivity index (χ0n) is 7.77. The van der Waals surface area contributed by atoms with Crippen molar-refractivity contribution in [3.8, 4) is 5.69 Å². The van der Waals surface area contributed by atoms with Gasteiger partial charge in [0.1, 0.15) is 5.82 Å². The maximum absolute atomic E-state index is 4.38. The monoisotopic (exact) mass is 203 g/mol. The Morgan fingerprint density at radius 3 is 3.14 bits per heavy atom. The predicted molar refractivity (Wildman–Crippen MR) is 55.7 cm³/mol. The van der Waals surface area contributed by atoms with Crippen LogP contribution in [0.15, 0.2) is 29.4 Å². The van der Waals surface area contributed by atoms with E-state index in [4.69, 9.17) is 0 Å². The van der Waals surface area contributed by atoms with Crippen molar-refractivity contribution in [3.63, 3.8) is 0 Å². The molecule has 0 amide bonds. The van der Waals surface area contributed by atoms with Crippen molar-refractivity contribution < 1.29 is 0 Å². The molecule has 0 saturated carbocycles. The third-order valence-corrected chi connectivity index (χ3v) is 3.24. The van der Waals surface area contributed by atoms with Gasteiger partial charge in [-0.25, -0.2) is 9.67 Å². The zero-order chi connectivity index (χ0) is 9.54. The number of benzene rings is 1. The van der Waals surface area contributed by atoms with Crippen molar-refractivity contribution >= 4 is 11.8 Å². The van der Waals surface area contributed by atoms with Crippen LogP contribution >= 0.6 is 11.8 Å². The Hall–Kier alpha value is -1.29. The second-order valence-corrected chi connectivity index (χ2v) is 4.21. The second kappa shape index (κ2) is 2.85. The fourth-order valence-electron chi connectivity index (χ4n) is 1.63. The Morgan fingerprint density at radius 2 is 2.21 bits per heavy atom. The molecule has 0 fully saturated rings. The largest absolute Gasteiger partial charge is 0.207 e. The average Bonchev–Trinajstić information content (AvgIpc) is 2.59. The first-order valence-corrected chi connectivity index (χ1v) is 5.48. The van der Waals surface area contributed by atoms with Gasteiger partial charge in [0.25, 0.3) is 0 Å². The minimum absolute atomic E-state index is 0.837. The van der Waals surface area contributed by atoms with E-state index in [1.165, 1.54) is 11.3 Å². The standard InChI is InChI=1S/C10H9N3S/c1-7-11-10-13(12-7)9-5-3-2-4-8(9)6-14-10/h2-5H,6H2,1H3. The number of nitrogens with zero attached hydrogens (tertiary/aromatic N) is 3. The lowest BCUT2D eigenvalue weighted by atomic mass is 10.2. The summed E-state index contributed by atoms with van der Waals surface area (Å²) in [7, 11) is 0. The first-order valence-electron chi connectivity index (χ1n) is 4.49. The van der Waals surface area contributed by atoms with E-state index in [2.05, 4.69) is 28.3 Å². The molecule has 1 aromatic heterocycles. The van der Waals surface area contributed by atoms with Crippen molar-refractivity contribution in [3.05, 3.63) is 35.7 Å². The summed E-state index contributed by atoms with van der Waals surface area (Å²) in [5.74, 6) is 1.83. The van der Waals surface area contributed by atoms with Gasteiger partial charge in [-0.1, -0.05) is 30.0 Å². The molecule has 1 aliphatic heterocycles. The van der Waals surface area contributed by atoms with E-state index in [9.17, 15) is 0 Å². The van der Waals surface area contributed by atoms with Gasteiger partial charge >= 0.3 is 0 Å². The highest BCUT2D eigenvalue weighted by atomic mass is 32.2. The molecule has 3 rings (SSSR count). The molecule has 3 nitrogen and oxygen atoms in total. The SMILES string of the molecule is Cc1nc2n(n1)-c1ccccc1CS2. The molecule has 4 heteroatoms. The van der Waals surface area contributed by atoms with E-state index in [1.54, 1.807) is 11.8 Å². The molecule has 70 valence electrons. The van der Waals surface area contributed by atoms with Crippen LogP contribution in [0.4, 0.5) is 0 Å². The van der Waals surface area contributed by atoms with Crippen LogP contribution in [0.25, 0.3) is 5.69 Å². The third-order valence-electron chi connectivity index (χ3n) is 2.26. The number of thioether (sulfide) groups is 1. The quantitative estimate of drug-likeness (QED) is 0.657. The molecule has 0 unspecified atom stereocenters. The van der Waals surface area contributed by atoms with Crippen molar-refractivity contribution in [2.45, 2.75) is 17.8 Å². The van der Waals surface area contributed by atoms with Gasteiger partial charge in [0.2, 0.25) is 0 Å². The van der Waals surface area contributed by atoms with E-state index >= 15 is 0 Å². The molecule has 1 aromatic carbocycles. The summed E-state index contributed by atoms with van der Waals surface area (Å²) >= 11 is 1.74. The number of aromatic nitrogens is 3. The maximum atomic E-state index is 4.38. The Balaban J connectivity index is 2.28. The molecule has 0 N–H and O–H groups in total. The maximum Gasteiger partial charge on any atom is 0.191 e. The number of para-hydroxylation sites is 1. The summed E-state index contributed by atoms with van der Waals surface area (Å²) in [6, 6.07) is 8.33. The number of fused-ring (bicyclic) bond motifs is 3. The van der Waals surface area contributed by atoms with Gasteiger partial charge < -0.3 is 0 Å². The van der Waals surface area contributed by atoms with Crippen LogP contribution in [0.2, 0.25) is 0 Å². The molecule has 0 aliphatic carbocycles. The molecule has 0 spiro atoms. The number of aryl methyl sites for hydroxylation is 1. The summed E-state index contributed by atoms with van der Waals surface area (Å²) in [6.45, 7) is 1.93. The van der Waals surface area contributed by atoms with E-state index < -0.39 is 0 Å². The smallest absolute Gasteiger partial charge is 0.191 e. The minimum Gasteiger partial charge on any atom is -0.207 e. The zero-order valence-corrected chi connectivity index (χ0v) is 8.58. The highest BCUT2D eigenvalue weighted by molar-refractivity contribution is 7.98. The Kier molecular flexibility index (Phi) is 1.64. The van der Waals surface area contributed by atoms with E-state index in [-0.39, 0.29) is 0 Å². The predicted octanol–water partition coefficient (Wildman–Crippen LogP) is 2.18. The molecule has 0 saturated heterocycles. The Bertz CT molecular complexity index is 490. The van der Waals surface area contributed by atoms with Gasteiger partial charge in [0.15, 0.2) is 5.16 Å². The average molecular weight is 203 g/mol. The summed E-state index contributed by atoms with van der Waals surface area (Å²) in [4.78, 5) is 4.36. The highest BCUT2D eigenvalue weighted by Crippen LogP contribution is 2.31. The second-order valence-electron chi connectivity index (χ2n) is 3.27. The van der Waals surface area contributed by atoms with Crippen LogP contribution in [0.3, 0.4) is 0 Å². The van der Waals surface area contributed by atoms with Gasteiger partial charge in [-0.2, -0.15) is 5.10 Å². The first kappa shape index (κ1) is 8.05. The summed E-state index contributed by atoms with van der Waals surface area (Å²) in [5, 5.41) is 5.38. The fraction of sp³-hybridized carbons (Fsp3) is 0.200. The van der Waals surface area contributed by atoms with Gasteiger partial charge in [-0.05, 0) is 18.6 Å². The molecule has 0 radical (unpaired) electrons. The van der Waals surface area contributed by atoms with Crippen LogP contribution in [0.1, 0.15) is 11.4 Å². The topological polar surface area (TPSA) is 30.7 Å². The summed E-state index contributed by atoms with van der Waals surface area (Å²) < 4.78 is 1.93. The van der Waals surface area contributed by atoms with Crippen molar-refractivity contribution in [1.82, 2.24) is 14.8 Å². The fourth-order valence-corrected chi connectivity index (χ4v) is 2.61. The number of hydrogen-bond donors (Lipinski definition) is 0. The molecule has 14 heavy (non-hydrogen) atoms.